The first-order valence-corrected chi connectivity index (χ1v) is 5.10. The molecule has 2 N–H and O–H groups in total. The highest BCUT2D eigenvalue weighted by molar-refractivity contribution is 5.71. The standard InChI is InChI=1S/C11H11N3O3/c15-7-6-14-11(16)10(13-17)9(12-14)8-4-2-1-3-5-8/h1-5,12,15H,6-7H2. The molecule has 2 aromatic rings. The van der Waals surface area contributed by atoms with E-state index in [0.717, 1.165) is 0 Å². The first-order chi connectivity index (χ1) is 8.27. The molecule has 1 aromatic carbocycles. The number of aromatic nitrogens is 2. The van der Waals surface area contributed by atoms with E-state index < -0.39 is 5.56 Å². The van der Waals surface area contributed by atoms with Crippen molar-refractivity contribution in [2.24, 2.45) is 5.18 Å². The largest absolute Gasteiger partial charge is 0.394 e. The fourth-order valence-corrected chi connectivity index (χ4v) is 1.62. The van der Waals surface area contributed by atoms with Crippen molar-refractivity contribution in [3.63, 3.8) is 0 Å². The average Bonchev–Trinajstić information content (AvgIpc) is 2.68. The molecule has 6 nitrogen and oxygen atoms in total. The van der Waals surface area contributed by atoms with Crippen LogP contribution in [0.25, 0.3) is 11.3 Å². The van der Waals surface area contributed by atoms with Crippen LogP contribution in [-0.2, 0) is 6.54 Å². The topological polar surface area (TPSA) is 87.4 Å². The van der Waals surface area contributed by atoms with Crippen LogP contribution < -0.4 is 5.56 Å². The van der Waals surface area contributed by atoms with E-state index in [-0.39, 0.29) is 18.8 Å². The Bertz CT molecular complexity index is 571. The van der Waals surface area contributed by atoms with E-state index in [1.807, 2.05) is 6.07 Å². The molecule has 0 fully saturated rings. The van der Waals surface area contributed by atoms with Gasteiger partial charge in [0.15, 0.2) is 5.69 Å². The van der Waals surface area contributed by atoms with Gasteiger partial charge in [0.05, 0.1) is 18.8 Å². The number of aliphatic hydroxyl groups excluding tert-OH is 1. The first kappa shape index (κ1) is 11.3. The molecular weight excluding hydrogens is 222 g/mol. The zero-order chi connectivity index (χ0) is 12.3. The van der Waals surface area contributed by atoms with Gasteiger partial charge in [0.25, 0.3) is 5.56 Å². The maximum atomic E-state index is 11.7. The van der Waals surface area contributed by atoms with Gasteiger partial charge in [-0.15, -0.1) is 4.91 Å². The summed E-state index contributed by atoms with van der Waals surface area (Å²) in [6, 6.07) is 8.96. The number of nitrogens with zero attached hydrogens (tertiary/aromatic N) is 2. The van der Waals surface area contributed by atoms with Gasteiger partial charge < -0.3 is 5.11 Å². The number of hydrogen-bond acceptors (Lipinski definition) is 4. The Kier molecular flexibility index (Phi) is 3.15. The summed E-state index contributed by atoms with van der Waals surface area (Å²) in [7, 11) is 0. The van der Waals surface area contributed by atoms with Crippen LogP contribution in [-0.4, -0.2) is 21.5 Å². The Balaban J connectivity index is 2.58. The molecule has 6 heteroatoms. The Morgan fingerprint density at radius 3 is 2.59 bits per heavy atom. The van der Waals surface area contributed by atoms with Crippen molar-refractivity contribution in [1.29, 1.82) is 0 Å². The second-order valence-corrected chi connectivity index (χ2v) is 3.47. The molecule has 0 saturated heterocycles. The van der Waals surface area contributed by atoms with Crippen LogP contribution in [0.15, 0.2) is 40.3 Å². The number of aliphatic hydroxyl groups is 1. The van der Waals surface area contributed by atoms with E-state index in [9.17, 15) is 9.70 Å². The highest BCUT2D eigenvalue weighted by Gasteiger charge is 2.15. The van der Waals surface area contributed by atoms with E-state index in [0.29, 0.717) is 11.3 Å². The van der Waals surface area contributed by atoms with Gasteiger partial charge >= 0.3 is 0 Å². The van der Waals surface area contributed by atoms with Crippen LogP contribution in [0.2, 0.25) is 0 Å². The number of nitroso groups, excluding NO2 is 1. The molecule has 0 aliphatic rings. The third-order valence-electron chi connectivity index (χ3n) is 2.41. The lowest BCUT2D eigenvalue weighted by Gasteiger charge is -1.98. The quantitative estimate of drug-likeness (QED) is 0.778. The summed E-state index contributed by atoms with van der Waals surface area (Å²) in [6.07, 6.45) is 0. The van der Waals surface area contributed by atoms with Crippen LogP contribution in [0, 0.1) is 4.91 Å². The molecule has 17 heavy (non-hydrogen) atoms. The van der Waals surface area contributed by atoms with Crippen molar-refractivity contribution in [3.8, 4) is 11.3 Å². The molecule has 2 rings (SSSR count). The zero-order valence-corrected chi connectivity index (χ0v) is 8.96. The fourth-order valence-electron chi connectivity index (χ4n) is 1.62. The third-order valence-corrected chi connectivity index (χ3v) is 2.41. The van der Waals surface area contributed by atoms with Crippen molar-refractivity contribution >= 4 is 5.69 Å². The number of rotatable bonds is 4. The van der Waals surface area contributed by atoms with Gasteiger partial charge in [-0.25, -0.2) is 4.68 Å². The summed E-state index contributed by atoms with van der Waals surface area (Å²) in [6.45, 7) is -0.0822. The normalized spacial score (nSPS) is 10.4. The highest BCUT2D eigenvalue weighted by atomic mass is 16.3. The van der Waals surface area contributed by atoms with Gasteiger partial charge in [-0.3, -0.25) is 9.89 Å². The SMILES string of the molecule is O=Nc1c(-c2ccccc2)[nH]n(CCO)c1=O. The van der Waals surface area contributed by atoms with Gasteiger partial charge in [0.1, 0.15) is 0 Å². The predicted octanol–water partition coefficient (Wildman–Crippen LogP) is 1.23. The summed E-state index contributed by atoms with van der Waals surface area (Å²) in [5, 5.41) is 14.3. The van der Waals surface area contributed by atoms with Crippen molar-refractivity contribution in [1.82, 2.24) is 9.78 Å². The van der Waals surface area contributed by atoms with E-state index in [4.69, 9.17) is 5.11 Å². The molecular formula is C11H11N3O3. The van der Waals surface area contributed by atoms with Gasteiger partial charge in [-0.2, -0.15) is 0 Å². The second-order valence-electron chi connectivity index (χ2n) is 3.47. The molecule has 0 atom stereocenters. The summed E-state index contributed by atoms with van der Waals surface area (Å²) >= 11 is 0. The first-order valence-electron chi connectivity index (χ1n) is 5.10. The lowest BCUT2D eigenvalue weighted by molar-refractivity contribution is 0.267. The minimum atomic E-state index is -0.520. The van der Waals surface area contributed by atoms with Gasteiger partial charge in [0, 0.05) is 5.56 Å². The molecule has 0 radical (unpaired) electrons. The van der Waals surface area contributed by atoms with Gasteiger partial charge in [0.2, 0.25) is 0 Å². The minimum Gasteiger partial charge on any atom is -0.394 e. The fraction of sp³-hybridized carbons (Fsp3) is 0.182. The lowest BCUT2D eigenvalue weighted by Crippen LogP contribution is -2.18. The molecule has 0 unspecified atom stereocenters. The van der Waals surface area contributed by atoms with Crippen LogP contribution in [0.5, 0.6) is 0 Å². The number of benzene rings is 1. The lowest BCUT2D eigenvalue weighted by atomic mass is 10.1. The maximum Gasteiger partial charge on any atom is 0.296 e. The Hall–Kier alpha value is -2.21. The Morgan fingerprint density at radius 1 is 1.29 bits per heavy atom. The molecule has 0 aliphatic heterocycles. The van der Waals surface area contributed by atoms with Crippen LogP contribution in [0.1, 0.15) is 0 Å². The molecule has 0 saturated carbocycles. The van der Waals surface area contributed by atoms with Crippen LogP contribution >= 0.6 is 0 Å². The summed E-state index contributed by atoms with van der Waals surface area (Å²) in [5.41, 5.74) is 0.396. The predicted molar refractivity (Wildman–Crippen MR) is 63.0 cm³/mol. The molecule has 1 aromatic heterocycles. The molecule has 0 bridgehead atoms. The van der Waals surface area contributed by atoms with E-state index in [1.54, 1.807) is 24.3 Å². The van der Waals surface area contributed by atoms with Crippen LogP contribution in [0.4, 0.5) is 5.69 Å². The second kappa shape index (κ2) is 4.75. The van der Waals surface area contributed by atoms with E-state index in [1.165, 1.54) is 4.68 Å². The smallest absolute Gasteiger partial charge is 0.296 e. The molecule has 0 aliphatic carbocycles. The van der Waals surface area contributed by atoms with E-state index >= 15 is 0 Å². The molecule has 0 amide bonds. The average molecular weight is 233 g/mol. The summed E-state index contributed by atoms with van der Waals surface area (Å²) < 4.78 is 1.17. The van der Waals surface area contributed by atoms with Gasteiger partial charge in [-0.1, -0.05) is 30.3 Å². The Morgan fingerprint density at radius 2 is 2.00 bits per heavy atom. The highest BCUT2D eigenvalue weighted by Crippen LogP contribution is 2.24. The number of aromatic amines is 1. The van der Waals surface area contributed by atoms with Crippen molar-refractivity contribution in [2.75, 3.05) is 6.61 Å². The van der Waals surface area contributed by atoms with E-state index in [2.05, 4.69) is 10.3 Å². The van der Waals surface area contributed by atoms with Gasteiger partial charge in [-0.05, 0) is 5.18 Å². The maximum absolute atomic E-state index is 11.7. The van der Waals surface area contributed by atoms with Crippen molar-refractivity contribution in [3.05, 3.63) is 45.6 Å². The number of H-pyrrole nitrogens is 1. The number of nitrogens with one attached hydrogen (secondary N) is 1. The molecule has 0 spiro atoms. The number of hydrogen-bond donors (Lipinski definition) is 2. The third kappa shape index (κ3) is 2.02. The Labute approximate surface area is 96.5 Å². The molecule has 1 heterocycles. The van der Waals surface area contributed by atoms with Crippen molar-refractivity contribution in [2.45, 2.75) is 6.54 Å². The van der Waals surface area contributed by atoms with Crippen LogP contribution in [0.3, 0.4) is 0 Å². The summed E-state index contributed by atoms with van der Waals surface area (Å²) in [4.78, 5) is 22.4. The minimum absolute atomic E-state index is 0.105. The monoisotopic (exact) mass is 233 g/mol. The molecule has 88 valence electrons. The van der Waals surface area contributed by atoms with Crippen molar-refractivity contribution < 1.29 is 5.11 Å². The zero-order valence-electron chi connectivity index (χ0n) is 8.96. The summed E-state index contributed by atoms with van der Waals surface area (Å²) in [5.74, 6) is 0.